The number of ketones is 1. The van der Waals surface area contributed by atoms with Gasteiger partial charge in [0.1, 0.15) is 0 Å². The SMILES string of the molecule is O=C(c1ccc([N+](=O)[O-])cc1)c1noc(-c2ccc([N+](=O)[O-])cc2)c1S(=O)(=O)c1ccccc1. The summed E-state index contributed by atoms with van der Waals surface area (Å²) in [6.07, 6.45) is 0. The number of benzene rings is 3. The summed E-state index contributed by atoms with van der Waals surface area (Å²) in [6.45, 7) is 0. The molecule has 3 aromatic carbocycles. The fourth-order valence-corrected chi connectivity index (χ4v) is 4.72. The van der Waals surface area contributed by atoms with Crippen LogP contribution in [-0.2, 0) is 9.84 Å². The Balaban J connectivity index is 1.90. The van der Waals surface area contributed by atoms with Crippen LogP contribution in [0, 0.1) is 20.2 Å². The van der Waals surface area contributed by atoms with Crippen LogP contribution in [-0.4, -0.2) is 29.2 Å². The number of nitro groups is 2. The van der Waals surface area contributed by atoms with Gasteiger partial charge in [-0.2, -0.15) is 0 Å². The minimum absolute atomic E-state index is 0.0429. The molecule has 0 aliphatic heterocycles. The van der Waals surface area contributed by atoms with Gasteiger partial charge in [0.15, 0.2) is 16.3 Å². The van der Waals surface area contributed by atoms with E-state index in [1.165, 1.54) is 48.5 Å². The van der Waals surface area contributed by atoms with E-state index in [4.69, 9.17) is 4.52 Å². The molecule has 0 unspecified atom stereocenters. The Hall–Kier alpha value is -4.71. The molecule has 170 valence electrons. The lowest BCUT2D eigenvalue weighted by Gasteiger charge is -2.07. The molecule has 34 heavy (non-hydrogen) atoms. The van der Waals surface area contributed by atoms with E-state index in [9.17, 15) is 33.4 Å². The average molecular weight is 479 g/mol. The Morgan fingerprint density at radius 3 is 1.85 bits per heavy atom. The van der Waals surface area contributed by atoms with Crippen LogP contribution in [0.5, 0.6) is 0 Å². The van der Waals surface area contributed by atoms with Crippen molar-refractivity contribution in [3.63, 3.8) is 0 Å². The summed E-state index contributed by atoms with van der Waals surface area (Å²) in [4.78, 5) is 33.1. The van der Waals surface area contributed by atoms with E-state index in [0.717, 1.165) is 24.3 Å². The zero-order valence-corrected chi connectivity index (χ0v) is 17.8. The van der Waals surface area contributed by atoms with Gasteiger partial charge in [-0.15, -0.1) is 0 Å². The van der Waals surface area contributed by atoms with Crippen molar-refractivity contribution in [2.24, 2.45) is 0 Å². The third-order valence-electron chi connectivity index (χ3n) is 4.87. The second-order valence-corrected chi connectivity index (χ2v) is 8.83. The van der Waals surface area contributed by atoms with Crippen LogP contribution in [0.15, 0.2) is 93.2 Å². The third-order valence-corrected chi connectivity index (χ3v) is 6.68. The third kappa shape index (κ3) is 4.04. The number of hydrogen-bond donors (Lipinski definition) is 0. The Labute approximate surface area is 191 Å². The van der Waals surface area contributed by atoms with Crippen molar-refractivity contribution in [1.29, 1.82) is 0 Å². The molecule has 0 radical (unpaired) electrons. The van der Waals surface area contributed by atoms with Crippen LogP contribution in [0.4, 0.5) is 11.4 Å². The molecule has 1 heterocycles. The molecule has 0 saturated carbocycles. The number of hydrogen-bond acceptors (Lipinski definition) is 9. The molecule has 0 aliphatic rings. The highest BCUT2D eigenvalue weighted by molar-refractivity contribution is 7.91. The van der Waals surface area contributed by atoms with Gasteiger partial charge in [0.05, 0.1) is 14.7 Å². The first-order chi connectivity index (χ1) is 16.2. The Bertz CT molecular complexity index is 1510. The number of carbonyl (C=O) groups is 1. The van der Waals surface area contributed by atoms with Crippen molar-refractivity contribution in [2.75, 3.05) is 0 Å². The summed E-state index contributed by atoms with van der Waals surface area (Å²) in [7, 11) is -4.33. The van der Waals surface area contributed by atoms with Crippen molar-refractivity contribution >= 4 is 27.0 Å². The molecular formula is C22H13N3O8S. The number of aromatic nitrogens is 1. The molecule has 0 saturated heterocycles. The monoisotopic (exact) mass is 479 g/mol. The van der Waals surface area contributed by atoms with Gasteiger partial charge in [-0.1, -0.05) is 23.4 Å². The summed E-state index contributed by atoms with van der Waals surface area (Å²) >= 11 is 0. The number of sulfone groups is 1. The molecule has 0 fully saturated rings. The maximum Gasteiger partial charge on any atom is 0.269 e. The van der Waals surface area contributed by atoms with Crippen LogP contribution in [0.2, 0.25) is 0 Å². The van der Waals surface area contributed by atoms with Gasteiger partial charge in [-0.3, -0.25) is 25.0 Å². The largest absolute Gasteiger partial charge is 0.354 e. The number of nitrogens with zero attached hydrogens (tertiary/aromatic N) is 3. The van der Waals surface area contributed by atoms with Crippen molar-refractivity contribution in [3.8, 4) is 11.3 Å². The standard InChI is InChI=1S/C22H13N3O8S/c26-20(14-6-10-16(11-7-14)24(27)28)19-22(34(31,32)18-4-2-1-3-5-18)21(33-23-19)15-8-12-17(13-9-15)25(29)30/h1-13H. The zero-order chi connectivity index (χ0) is 24.5. The first kappa shape index (κ1) is 22.5. The topological polar surface area (TPSA) is 164 Å². The molecule has 0 spiro atoms. The smallest absolute Gasteiger partial charge is 0.269 e. The maximum absolute atomic E-state index is 13.5. The van der Waals surface area contributed by atoms with E-state index in [-0.39, 0.29) is 33.2 Å². The summed E-state index contributed by atoms with van der Waals surface area (Å²) in [5.41, 5.74) is -0.890. The van der Waals surface area contributed by atoms with Crippen LogP contribution < -0.4 is 0 Å². The number of non-ortho nitro benzene ring substituents is 2. The van der Waals surface area contributed by atoms with E-state index < -0.39 is 36.1 Å². The summed E-state index contributed by atoms with van der Waals surface area (Å²) in [5.74, 6) is -1.11. The summed E-state index contributed by atoms with van der Waals surface area (Å²) in [5, 5.41) is 25.6. The Morgan fingerprint density at radius 1 is 0.794 bits per heavy atom. The molecule has 11 nitrogen and oxygen atoms in total. The van der Waals surface area contributed by atoms with Gasteiger partial charge >= 0.3 is 0 Å². The number of carbonyl (C=O) groups excluding carboxylic acids is 1. The Morgan fingerprint density at radius 2 is 1.32 bits per heavy atom. The van der Waals surface area contributed by atoms with E-state index >= 15 is 0 Å². The predicted octanol–water partition coefficient (Wildman–Crippen LogP) is 4.22. The Kier molecular flexibility index (Phi) is 5.73. The molecule has 0 amide bonds. The van der Waals surface area contributed by atoms with E-state index in [1.807, 2.05) is 0 Å². The van der Waals surface area contributed by atoms with Crippen LogP contribution in [0.25, 0.3) is 11.3 Å². The second-order valence-electron chi connectivity index (χ2n) is 6.94. The van der Waals surface area contributed by atoms with Crippen molar-refractivity contribution in [1.82, 2.24) is 5.16 Å². The minimum Gasteiger partial charge on any atom is -0.354 e. The van der Waals surface area contributed by atoms with Gasteiger partial charge in [0.25, 0.3) is 11.4 Å². The van der Waals surface area contributed by atoms with Gasteiger partial charge in [-0.05, 0) is 36.4 Å². The molecule has 0 bridgehead atoms. The van der Waals surface area contributed by atoms with Crippen molar-refractivity contribution in [2.45, 2.75) is 9.79 Å². The van der Waals surface area contributed by atoms with Gasteiger partial charge < -0.3 is 4.52 Å². The molecule has 4 aromatic rings. The highest BCUT2D eigenvalue weighted by Gasteiger charge is 2.34. The second kappa shape index (κ2) is 8.67. The molecule has 0 N–H and O–H groups in total. The average Bonchev–Trinajstić information content (AvgIpc) is 3.30. The molecular weight excluding hydrogens is 466 g/mol. The van der Waals surface area contributed by atoms with Gasteiger partial charge in [0, 0.05) is 35.4 Å². The fraction of sp³-hybridized carbons (Fsp3) is 0. The molecule has 1 aromatic heterocycles. The zero-order valence-electron chi connectivity index (χ0n) is 17.0. The minimum atomic E-state index is -4.33. The lowest BCUT2D eigenvalue weighted by atomic mass is 10.1. The normalized spacial score (nSPS) is 11.2. The fourth-order valence-electron chi connectivity index (χ4n) is 3.18. The van der Waals surface area contributed by atoms with Gasteiger partial charge in [0.2, 0.25) is 15.6 Å². The van der Waals surface area contributed by atoms with Crippen LogP contribution in [0.3, 0.4) is 0 Å². The highest BCUT2D eigenvalue weighted by atomic mass is 32.2. The number of rotatable bonds is 7. The van der Waals surface area contributed by atoms with Gasteiger partial charge in [-0.25, -0.2) is 8.42 Å². The highest BCUT2D eigenvalue weighted by Crippen LogP contribution is 2.36. The molecule has 0 aliphatic carbocycles. The first-order valence-electron chi connectivity index (χ1n) is 9.54. The van der Waals surface area contributed by atoms with E-state index in [2.05, 4.69) is 5.16 Å². The van der Waals surface area contributed by atoms with Crippen LogP contribution >= 0.6 is 0 Å². The lowest BCUT2D eigenvalue weighted by Crippen LogP contribution is -2.11. The quantitative estimate of drug-likeness (QED) is 0.214. The summed E-state index contributed by atoms with van der Waals surface area (Å²) < 4.78 is 32.3. The first-order valence-corrected chi connectivity index (χ1v) is 11.0. The van der Waals surface area contributed by atoms with E-state index in [0.29, 0.717) is 0 Å². The van der Waals surface area contributed by atoms with E-state index in [1.54, 1.807) is 6.07 Å². The predicted molar refractivity (Wildman–Crippen MR) is 117 cm³/mol. The molecule has 4 rings (SSSR count). The number of nitro benzene ring substituents is 2. The van der Waals surface area contributed by atoms with Crippen LogP contribution in [0.1, 0.15) is 16.1 Å². The molecule has 12 heteroatoms. The summed E-state index contributed by atoms with van der Waals surface area (Å²) in [6, 6.07) is 16.8. The maximum atomic E-state index is 13.5. The van der Waals surface area contributed by atoms with Crippen molar-refractivity contribution < 1.29 is 27.6 Å². The van der Waals surface area contributed by atoms with Crippen molar-refractivity contribution in [3.05, 3.63) is 110 Å². The molecule has 0 atom stereocenters. The lowest BCUT2D eigenvalue weighted by molar-refractivity contribution is -0.385.